The Morgan fingerprint density at radius 1 is 1.18 bits per heavy atom. The predicted molar refractivity (Wildman–Crippen MR) is 111 cm³/mol. The van der Waals surface area contributed by atoms with E-state index >= 15 is 0 Å². The molecule has 6 nitrogen and oxygen atoms in total. The number of hydrogen-bond donors (Lipinski definition) is 2. The van der Waals surface area contributed by atoms with Gasteiger partial charge in [0, 0.05) is 17.5 Å². The zero-order valence-electron chi connectivity index (χ0n) is 15.9. The van der Waals surface area contributed by atoms with Crippen LogP contribution < -0.4 is 15.8 Å². The summed E-state index contributed by atoms with van der Waals surface area (Å²) in [6.45, 7) is 1.05. The van der Waals surface area contributed by atoms with Crippen LogP contribution in [-0.2, 0) is 16.1 Å². The Morgan fingerprint density at radius 2 is 1.89 bits per heavy atom. The summed E-state index contributed by atoms with van der Waals surface area (Å²) in [5, 5.41) is 2.98. The fourth-order valence-electron chi connectivity index (χ4n) is 2.94. The molecular weight excluding hydrogens is 374 g/mol. The van der Waals surface area contributed by atoms with E-state index in [4.69, 9.17) is 10.5 Å². The molecule has 148 valence electrons. The van der Waals surface area contributed by atoms with Crippen molar-refractivity contribution in [2.24, 2.45) is 5.73 Å². The highest BCUT2D eigenvalue weighted by molar-refractivity contribution is 8.00. The predicted octanol–water partition coefficient (Wildman–Crippen LogP) is 2.88. The molecule has 2 aromatic rings. The number of thioether (sulfide) groups is 1. The molecule has 3 rings (SSSR count). The Kier molecular flexibility index (Phi) is 6.95. The Morgan fingerprint density at radius 3 is 2.54 bits per heavy atom. The molecule has 3 N–H and O–H groups in total. The SMILES string of the molecule is COc1ccc(CN(CC(=O)Nc2ccccc2SCC(N)=O)C2CC2)cc1. The summed E-state index contributed by atoms with van der Waals surface area (Å²) in [5.41, 5.74) is 7.09. The van der Waals surface area contributed by atoms with Crippen LogP contribution in [0.2, 0.25) is 0 Å². The molecule has 1 saturated carbocycles. The number of benzene rings is 2. The van der Waals surface area contributed by atoms with Gasteiger partial charge in [0.25, 0.3) is 0 Å². The lowest BCUT2D eigenvalue weighted by Crippen LogP contribution is -2.34. The number of nitrogens with one attached hydrogen (secondary N) is 1. The number of nitrogens with two attached hydrogens (primary N) is 1. The van der Waals surface area contributed by atoms with E-state index < -0.39 is 0 Å². The number of hydrogen-bond acceptors (Lipinski definition) is 5. The van der Waals surface area contributed by atoms with Crippen LogP contribution in [-0.4, -0.2) is 42.2 Å². The van der Waals surface area contributed by atoms with Gasteiger partial charge in [-0.3, -0.25) is 14.5 Å². The first kappa shape index (κ1) is 20.2. The monoisotopic (exact) mass is 399 g/mol. The van der Waals surface area contributed by atoms with Gasteiger partial charge in [0.05, 0.1) is 25.1 Å². The molecular formula is C21H25N3O3S. The van der Waals surface area contributed by atoms with E-state index in [1.807, 2.05) is 48.5 Å². The normalized spacial score (nSPS) is 13.4. The van der Waals surface area contributed by atoms with Crippen LogP contribution in [0.4, 0.5) is 5.69 Å². The average molecular weight is 400 g/mol. The second-order valence-corrected chi connectivity index (χ2v) is 7.80. The molecule has 0 unspecified atom stereocenters. The number of carbonyl (C=O) groups excluding carboxylic acids is 2. The highest BCUT2D eigenvalue weighted by Crippen LogP contribution is 2.29. The van der Waals surface area contributed by atoms with Crippen molar-refractivity contribution < 1.29 is 14.3 Å². The highest BCUT2D eigenvalue weighted by Gasteiger charge is 2.30. The number of para-hydroxylation sites is 1. The van der Waals surface area contributed by atoms with Crippen molar-refractivity contribution >= 4 is 29.3 Å². The summed E-state index contributed by atoms with van der Waals surface area (Å²) < 4.78 is 5.20. The van der Waals surface area contributed by atoms with Crippen LogP contribution in [0.15, 0.2) is 53.4 Å². The van der Waals surface area contributed by atoms with E-state index in [1.165, 1.54) is 11.8 Å². The minimum absolute atomic E-state index is 0.0625. The number of rotatable bonds is 10. The maximum absolute atomic E-state index is 12.7. The number of carbonyl (C=O) groups is 2. The zero-order chi connectivity index (χ0) is 19.9. The van der Waals surface area contributed by atoms with Gasteiger partial charge in [-0.15, -0.1) is 11.8 Å². The third-order valence-electron chi connectivity index (χ3n) is 4.49. The number of amides is 2. The molecule has 0 spiro atoms. The fraction of sp³-hybridized carbons (Fsp3) is 0.333. The fourth-order valence-corrected chi connectivity index (χ4v) is 3.69. The maximum Gasteiger partial charge on any atom is 0.238 e. The molecule has 0 heterocycles. The van der Waals surface area contributed by atoms with Crippen LogP contribution in [0, 0.1) is 0 Å². The van der Waals surface area contributed by atoms with Gasteiger partial charge < -0.3 is 15.8 Å². The third kappa shape index (κ3) is 6.00. The molecule has 0 radical (unpaired) electrons. The summed E-state index contributed by atoms with van der Waals surface area (Å²) in [5.74, 6) is 0.557. The third-order valence-corrected chi connectivity index (χ3v) is 5.58. The van der Waals surface area contributed by atoms with E-state index in [2.05, 4.69) is 10.2 Å². The van der Waals surface area contributed by atoms with Crippen molar-refractivity contribution in [1.29, 1.82) is 0 Å². The van der Waals surface area contributed by atoms with Gasteiger partial charge in [-0.2, -0.15) is 0 Å². The van der Waals surface area contributed by atoms with E-state index in [9.17, 15) is 9.59 Å². The Bertz CT molecular complexity index is 822. The molecule has 2 amide bonds. The van der Waals surface area contributed by atoms with Crippen molar-refractivity contribution in [3.05, 3.63) is 54.1 Å². The van der Waals surface area contributed by atoms with Crippen LogP contribution >= 0.6 is 11.8 Å². The number of anilines is 1. The summed E-state index contributed by atoms with van der Waals surface area (Å²) in [7, 11) is 1.65. The molecule has 2 aromatic carbocycles. The molecule has 0 aliphatic heterocycles. The highest BCUT2D eigenvalue weighted by atomic mass is 32.2. The van der Waals surface area contributed by atoms with Crippen LogP contribution in [0.1, 0.15) is 18.4 Å². The van der Waals surface area contributed by atoms with Crippen LogP contribution in [0.25, 0.3) is 0 Å². The van der Waals surface area contributed by atoms with E-state index in [-0.39, 0.29) is 17.6 Å². The van der Waals surface area contributed by atoms with Gasteiger partial charge in [0.2, 0.25) is 11.8 Å². The number of methoxy groups -OCH3 is 1. The topological polar surface area (TPSA) is 84.7 Å². The van der Waals surface area contributed by atoms with Crippen LogP contribution in [0.5, 0.6) is 5.75 Å². The van der Waals surface area contributed by atoms with Crippen LogP contribution in [0.3, 0.4) is 0 Å². The largest absolute Gasteiger partial charge is 0.497 e. The lowest BCUT2D eigenvalue weighted by atomic mass is 10.2. The molecule has 1 aliphatic carbocycles. The number of ether oxygens (including phenoxy) is 1. The maximum atomic E-state index is 12.7. The van der Waals surface area contributed by atoms with E-state index in [0.29, 0.717) is 18.3 Å². The summed E-state index contributed by atoms with van der Waals surface area (Å²) >= 11 is 1.33. The van der Waals surface area contributed by atoms with E-state index in [1.54, 1.807) is 7.11 Å². The zero-order valence-corrected chi connectivity index (χ0v) is 16.7. The quantitative estimate of drug-likeness (QED) is 0.600. The van der Waals surface area contributed by atoms with E-state index in [0.717, 1.165) is 35.6 Å². The standard InChI is InChI=1S/C21H25N3O3S/c1-27-17-10-6-15(7-11-17)12-24(16-8-9-16)13-21(26)23-18-4-2-3-5-19(18)28-14-20(22)25/h2-7,10-11,16H,8-9,12-14H2,1H3,(H2,22,25)(H,23,26). The lowest BCUT2D eigenvalue weighted by molar-refractivity contribution is -0.117. The first-order valence-corrected chi connectivity index (χ1v) is 10.2. The van der Waals surface area contributed by atoms with Crippen molar-refractivity contribution in [2.75, 3.05) is 24.7 Å². The molecule has 7 heteroatoms. The lowest BCUT2D eigenvalue weighted by Gasteiger charge is -2.22. The smallest absolute Gasteiger partial charge is 0.238 e. The van der Waals surface area contributed by atoms with Gasteiger partial charge in [0.1, 0.15) is 5.75 Å². The molecule has 0 bridgehead atoms. The second-order valence-electron chi connectivity index (χ2n) is 6.78. The van der Waals surface area contributed by atoms with Gasteiger partial charge in [-0.25, -0.2) is 0 Å². The molecule has 0 atom stereocenters. The number of primary amides is 1. The first-order chi connectivity index (χ1) is 13.5. The summed E-state index contributed by atoms with van der Waals surface area (Å²) in [4.78, 5) is 26.7. The Hall–Kier alpha value is -2.51. The number of nitrogens with zero attached hydrogens (tertiary/aromatic N) is 1. The molecule has 1 fully saturated rings. The minimum Gasteiger partial charge on any atom is -0.497 e. The minimum atomic E-state index is -0.384. The van der Waals surface area contributed by atoms with Crippen molar-refractivity contribution in [1.82, 2.24) is 4.90 Å². The average Bonchev–Trinajstić information content (AvgIpc) is 3.52. The first-order valence-electron chi connectivity index (χ1n) is 9.22. The van der Waals surface area contributed by atoms with Gasteiger partial charge >= 0.3 is 0 Å². The van der Waals surface area contributed by atoms with Crippen molar-refractivity contribution in [3.63, 3.8) is 0 Å². The molecule has 1 aliphatic rings. The van der Waals surface area contributed by atoms with Gasteiger partial charge in [-0.05, 0) is 42.7 Å². The molecule has 0 aromatic heterocycles. The summed E-state index contributed by atoms with van der Waals surface area (Å²) in [6, 6.07) is 15.8. The van der Waals surface area contributed by atoms with Crippen molar-refractivity contribution in [3.8, 4) is 5.75 Å². The Balaban J connectivity index is 1.61. The molecule has 0 saturated heterocycles. The Labute approximate surface area is 169 Å². The second kappa shape index (κ2) is 9.61. The summed E-state index contributed by atoms with van der Waals surface area (Å²) in [6.07, 6.45) is 2.24. The van der Waals surface area contributed by atoms with Gasteiger partial charge in [-0.1, -0.05) is 24.3 Å². The molecule has 28 heavy (non-hydrogen) atoms. The van der Waals surface area contributed by atoms with Gasteiger partial charge in [0.15, 0.2) is 0 Å². The van der Waals surface area contributed by atoms with Crippen molar-refractivity contribution in [2.45, 2.75) is 30.3 Å².